The number of hydrogen-bond acceptors (Lipinski definition) is 9. The molecular weight excluding hydrogens is 432 g/mol. The molecule has 0 bridgehead atoms. The topological polar surface area (TPSA) is 139 Å². The molecule has 0 radical (unpaired) electrons. The number of aromatic nitrogens is 4. The van der Waals surface area contributed by atoms with Gasteiger partial charge in [-0.1, -0.05) is 0 Å². The van der Waals surface area contributed by atoms with Gasteiger partial charge in [0.25, 0.3) is 5.56 Å². The van der Waals surface area contributed by atoms with E-state index in [9.17, 15) is 18.3 Å². The lowest BCUT2D eigenvalue weighted by molar-refractivity contribution is 0.126. The zero-order valence-corrected chi connectivity index (χ0v) is 18.5. The summed E-state index contributed by atoms with van der Waals surface area (Å²) < 4.78 is 24.5. The monoisotopic (exact) mass is 458 g/mol. The highest BCUT2D eigenvalue weighted by molar-refractivity contribution is 7.90. The Morgan fingerprint density at radius 2 is 1.97 bits per heavy atom. The van der Waals surface area contributed by atoms with Crippen LogP contribution in [0.3, 0.4) is 0 Å². The van der Waals surface area contributed by atoms with E-state index < -0.39 is 9.84 Å². The summed E-state index contributed by atoms with van der Waals surface area (Å²) in [5.74, 6) is 1.33. The van der Waals surface area contributed by atoms with Crippen LogP contribution in [-0.2, 0) is 16.4 Å². The van der Waals surface area contributed by atoms with Gasteiger partial charge in [0.15, 0.2) is 0 Å². The molecule has 1 saturated carbocycles. The van der Waals surface area contributed by atoms with Crippen LogP contribution in [0, 0.1) is 0 Å². The highest BCUT2D eigenvalue weighted by Crippen LogP contribution is 2.27. The number of aliphatic hydroxyl groups excluding tert-OH is 1. The van der Waals surface area contributed by atoms with Gasteiger partial charge in [-0.05, 0) is 43.2 Å². The first-order valence-corrected chi connectivity index (χ1v) is 12.5. The number of hydrogen-bond donors (Lipinski definition) is 3. The Labute approximate surface area is 185 Å². The third kappa shape index (κ3) is 5.40. The predicted molar refractivity (Wildman–Crippen MR) is 123 cm³/mol. The molecule has 0 aliphatic heterocycles. The molecular formula is C21H26N6O4S. The largest absolute Gasteiger partial charge is 0.393 e. The number of aliphatic hydroxyl groups is 1. The van der Waals surface area contributed by atoms with Crippen LogP contribution < -0.4 is 16.2 Å². The van der Waals surface area contributed by atoms with Crippen LogP contribution in [0.15, 0.2) is 41.7 Å². The molecule has 3 heterocycles. The molecule has 4 rings (SSSR count). The molecule has 1 aliphatic carbocycles. The Bertz CT molecular complexity index is 1250. The van der Waals surface area contributed by atoms with Crippen LogP contribution in [0.5, 0.6) is 0 Å². The Morgan fingerprint density at radius 3 is 2.66 bits per heavy atom. The average Bonchev–Trinajstić information content (AvgIpc) is 2.75. The molecule has 3 N–H and O–H groups in total. The maximum atomic E-state index is 13.2. The van der Waals surface area contributed by atoms with Crippen LogP contribution >= 0.6 is 0 Å². The second-order valence-electron chi connectivity index (χ2n) is 8.13. The molecule has 170 valence electrons. The number of nitrogens with zero attached hydrogens (tertiary/aromatic N) is 4. The van der Waals surface area contributed by atoms with E-state index in [1.165, 1.54) is 4.57 Å². The van der Waals surface area contributed by atoms with Crippen molar-refractivity contribution in [3.05, 3.63) is 47.3 Å². The summed E-state index contributed by atoms with van der Waals surface area (Å²) in [7, 11) is -3.21. The predicted octanol–water partition coefficient (Wildman–Crippen LogP) is 1.69. The number of aryl methyl sites for hydroxylation is 1. The van der Waals surface area contributed by atoms with E-state index in [-0.39, 0.29) is 30.0 Å². The summed E-state index contributed by atoms with van der Waals surface area (Å²) in [6, 6.07) is 3.60. The molecule has 3 aromatic heterocycles. The molecule has 0 saturated heterocycles. The summed E-state index contributed by atoms with van der Waals surface area (Å²) in [5, 5.41) is 17.4. The molecule has 32 heavy (non-hydrogen) atoms. The van der Waals surface area contributed by atoms with E-state index in [0.29, 0.717) is 41.1 Å². The summed E-state index contributed by atoms with van der Waals surface area (Å²) in [6.07, 6.45) is 10.1. The highest BCUT2D eigenvalue weighted by atomic mass is 32.2. The number of nitrogens with one attached hydrogen (secondary N) is 2. The first-order valence-electron chi connectivity index (χ1n) is 10.5. The quantitative estimate of drug-likeness (QED) is 0.482. The zero-order valence-electron chi connectivity index (χ0n) is 17.7. The fraction of sp³-hybridized carbons (Fsp3) is 0.429. The average molecular weight is 459 g/mol. The molecule has 0 unspecified atom stereocenters. The van der Waals surface area contributed by atoms with Gasteiger partial charge in [0.05, 0.1) is 23.4 Å². The van der Waals surface area contributed by atoms with Gasteiger partial charge in [-0.2, -0.15) is 0 Å². The zero-order chi connectivity index (χ0) is 22.7. The number of fused-ring (bicyclic) bond motifs is 1. The minimum Gasteiger partial charge on any atom is -0.393 e. The van der Waals surface area contributed by atoms with Crippen molar-refractivity contribution in [2.24, 2.45) is 0 Å². The van der Waals surface area contributed by atoms with Gasteiger partial charge < -0.3 is 20.3 Å². The van der Waals surface area contributed by atoms with Gasteiger partial charge in [0, 0.05) is 37.4 Å². The molecule has 11 heteroatoms. The van der Waals surface area contributed by atoms with Crippen LogP contribution in [0.25, 0.3) is 10.8 Å². The minimum atomic E-state index is -3.21. The van der Waals surface area contributed by atoms with E-state index in [1.807, 2.05) is 0 Å². The minimum absolute atomic E-state index is 0.0717. The summed E-state index contributed by atoms with van der Waals surface area (Å²) in [5.41, 5.74) is -0.303. The van der Waals surface area contributed by atoms with Crippen molar-refractivity contribution in [3.63, 3.8) is 0 Å². The van der Waals surface area contributed by atoms with E-state index in [4.69, 9.17) is 0 Å². The maximum absolute atomic E-state index is 13.2. The van der Waals surface area contributed by atoms with Crippen LogP contribution in [0.2, 0.25) is 0 Å². The second-order valence-corrected chi connectivity index (χ2v) is 10.4. The number of rotatable bonds is 7. The second kappa shape index (κ2) is 9.21. The molecule has 0 aromatic carbocycles. The van der Waals surface area contributed by atoms with Gasteiger partial charge in [-0.15, -0.1) is 0 Å². The van der Waals surface area contributed by atoms with Gasteiger partial charge in [0.1, 0.15) is 27.3 Å². The Hall–Kier alpha value is -3.05. The van der Waals surface area contributed by atoms with Crippen molar-refractivity contribution in [3.8, 4) is 0 Å². The molecule has 0 spiro atoms. The lowest BCUT2D eigenvalue weighted by Crippen LogP contribution is -2.30. The third-order valence-electron chi connectivity index (χ3n) is 5.52. The number of pyridine rings is 2. The number of sulfone groups is 1. The summed E-state index contributed by atoms with van der Waals surface area (Å²) >= 11 is 0. The van der Waals surface area contributed by atoms with Gasteiger partial charge in [-0.3, -0.25) is 9.78 Å². The fourth-order valence-electron chi connectivity index (χ4n) is 3.82. The maximum Gasteiger partial charge on any atom is 0.262 e. The fourth-order valence-corrected chi connectivity index (χ4v) is 4.35. The third-order valence-corrected chi connectivity index (χ3v) is 6.44. The molecule has 1 aliphatic rings. The molecule has 3 aromatic rings. The van der Waals surface area contributed by atoms with E-state index in [2.05, 4.69) is 25.6 Å². The highest BCUT2D eigenvalue weighted by Gasteiger charge is 2.22. The summed E-state index contributed by atoms with van der Waals surface area (Å²) in [4.78, 5) is 26.1. The lowest BCUT2D eigenvalue weighted by atomic mass is 9.93. The number of anilines is 3. The van der Waals surface area contributed by atoms with Gasteiger partial charge >= 0.3 is 0 Å². The Kier molecular flexibility index (Phi) is 6.38. The van der Waals surface area contributed by atoms with E-state index >= 15 is 0 Å². The first kappa shape index (κ1) is 22.2. The van der Waals surface area contributed by atoms with Crippen molar-refractivity contribution in [1.82, 2.24) is 19.5 Å². The van der Waals surface area contributed by atoms with Crippen LogP contribution in [-0.4, -0.2) is 57.2 Å². The first-order chi connectivity index (χ1) is 15.3. The summed E-state index contributed by atoms with van der Waals surface area (Å²) in [6.45, 7) is 0.0717. The van der Waals surface area contributed by atoms with E-state index in [1.54, 1.807) is 36.9 Å². The smallest absolute Gasteiger partial charge is 0.262 e. The van der Waals surface area contributed by atoms with Gasteiger partial charge in [0.2, 0.25) is 0 Å². The standard InChI is InChI=1S/C21H26N6O4S/c1-32(30,31)11-10-27-9-6-14-12-17(25-18-13-22-7-8-23-18)26-20(19(14)21(27)29)24-15-2-4-16(28)5-3-15/h6-9,12-13,15-16,28H,2-5,10-11H2,1H3,(H2,23,24,25,26)/t15-,16-. The Morgan fingerprint density at radius 1 is 1.19 bits per heavy atom. The van der Waals surface area contributed by atoms with Crippen molar-refractivity contribution >= 4 is 38.1 Å². The van der Waals surface area contributed by atoms with E-state index in [0.717, 1.165) is 19.1 Å². The molecule has 0 atom stereocenters. The molecule has 0 amide bonds. The normalized spacial score (nSPS) is 19.1. The molecule has 1 fully saturated rings. The SMILES string of the molecule is CS(=O)(=O)CCn1ccc2cc(Nc3cnccn3)nc(N[C@H]3CC[C@H](O)CC3)c2c1=O. The van der Waals surface area contributed by atoms with Crippen LogP contribution in [0.4, 0.5) is 17.5 Å². The van der Waals surface area contributed by atoms with Crippen molar-refractivity contribution < 1.29 is 13.5 Å². The molecule has 10 nitrogen and oxygen atoms in total. The van der Waals surface area contributed by atoms with Crippen molar-refractivity contribution in [2.45, 2.75) is 44.4 Å². The van der Waals surface area contributed by atoms with Crippen molar-refractivity contribution in [1.29, 1.82) is 0 Å². The van der Waals surface area contributed by atoms with Gasteiger partial charge in [-0.25, -0.2) is 18.4 Å². The Balaban J connectivity index is 1.74. The van der Waals surface area contributed by atoms with Crippen molar-refractivity contribution in [2.75, 3.05) is 22.6 Å². The lowest BCUT2D eigenvalue weighted by Gasteiger charge is -2.27. The van der Waals surface area contributed by atoms with Crippen LogP contribution in [0.1, 0.15) is 25.7 Å².